The Morgan fingerprint density at radius 1 is 0.448 bits per heavy atom. The van der Waals surface area contributed by atoms with E-state index in [1.807, 2.05) is 0 Å². The average molecular weight is 423 g/mol. The molecule has 0 aliphatic rings. The van der Waals surface area contributed by atoms with Gasteiger partial charge in [-0.3, -0.25) is 9.59 Å². The Morgan fingerprint density at radius 2 is 0.655 bits per heavy atom. The maximum atomic E-state index is 11.2. The summed E-state index contributed by atoms with van der Waals surface area (Å²) >= 11 is 0. The predicted molar refractivity (Wildman–Crippen MR) is 106 cm³/mol. The summed E-state index contributed by atoms with van der Waals surface area (Å²) in [5, 5.41) is 0. The Labute approximate surface area is 174 Å². The van der Waals surface area contributed by atoms with Gasteiger partial charge in [0, 0.05) is 0 Å². The van der Waals surface area contributed by atoms with Gasteiger partial charge in [0.1, 0.15) is 13.2 Å². The second-order valence-corrected chi connectivity index (χ2v) is 6.71. The third-order valence-corrected chi connectivity index (χ3v) is 3.37. The van der Waals surface area contributed by atoms with E-state index in [-0.39, 0.29) is 37.0 Å². The van der Waals surface area contributed by atoms with Gasteiger partial charge in [-0.05, 0) is 0 Å². The lowest BCUT2D eigenvalue weighted by molar-refractivity contribution is -0.149. The molecule has 0 N–H and O–H groups in total. The number of rotatable bonds is 20. The van der Waals surface area contributed by atoms with Crippen molar-refractivity contribution < 1.29 is 42.7 Å². The number of hydrogen-bond donors (Lipinski definition) is 0. The monoisotopic (exact) mass is 422 g/mol. The lowest BCUT2D eigenvalue weighted by Gasteiger charge is -2.09. The molecule has 0 aromatic heterocycles. The molecule has 0 spiro atoms. The van der Waals surface area contributed by atoms with Crippen molar-refractivity contribution in [1.82, 2.24) is 0 Å². The minimum atomic E-state index is -0.220. The summed E-state index contributed by atoms with van der Waals surface area (Å²) < 4.78 is 36.6. The van der Waals surface area contributed by atoms with Gasteiger partial charge in [0.2, 0.25) is 0 Å². The van der Waals surface area contributed by atoms with Gasteiger partial charge in [-0.25, -0.2) is 0 Å². The molecule has 0 bridgehead atoms. The van der Waals surface area contributed by atoms with Gasteiger partial charge in [0.15, 0.2) is 0 Å². The molecule has 0 rings (SSSR count). The molecule has 0 amide bonds. The highest BCUT2D eigenvalue weighted by Gasteiger charge is 2.07. The van der Waals surface area contributed by atoms with E-state index in [9.17, 15) is 9.59 Å². The molecule has 0 aliphatic heterocycles. The molecule has 0 fully saturated rings. The predicted octanol–water partition coefficient (Wildman–Crippen LogP) is 1.47. The first-order chi connectivity index (χ1) is 13.9. The second-order valence-electron chi connectivity index (χ2n) is 6.71. The maximum Gasteiger partial charge on any atom is 0.308 e. The van der Waals surface area contributed by atoms with Gasteiger partial charge < -0.3 is 33.2 Å². The fourth-order valence-corrected chi connectivity index (χ4v) is 1.72. The Balaban J connectivity index is 3.12. The number of carbonyl (C=O) groups excluding carboxylic acids is 2. The smallest absolute Gasteiger partial charge is 0.308 e. The number of hydrogen-bond acceptors (Lipinski definition) is 9. The van der Waals surface area contributed by atoms with Crippen LogP contribution in [0.2, 0.25) is 0 Å². The number of ether oxygens (including phenoxy) is 7. The van der Waals surface area contributed by atoms with Gasteiger partial charge >= 0.3 is 11.9 Å². The summed E-state index contributed by atoms with van der Waals surface area (Å²) in [5.74, 6) is -0.680. The molecule has 0 unspecified atom stereocenters. The zero-order valence-corrected chi connectivity index (χ0v) is 18.3. The first-order valence-corrected chi connectivity index (χ1v) is 10.2. The highest BCUT2D eigenvalue weighted by Crippen LogP contribution is 1.96. The fourth-order valence-electron chi connectivity index (χ4n) is 1.72. The molecule has 0 saturated carbocycles. The van der Waals surface area contributed by atoms with Gasteiger partial charge in [0.25, 0.3) is 0 Å². The Kier molecular flexibility index (Phi) is 19.2. The van der Waals surface area contributed by atoms with Crippen LogP contribution in [0.3, 0.4) is 0 Å². The molecular weight excluding hydrogens is 384 g/mol. The van der Waals surface area contributed by atoms with Crippen molar-refractivity contribution in [3.8, 4) is 0 Å². The van der Waals surface area contributed by atoms with E-state index in [1.165, 1.54) is 0 Å². The van der Waals surface area contributed by atoms with Crippen LogP contribution in [0, 0.1) is 11.8 Å². The van der Waals surface area contributed by atoms with E-state index in [0.29, 0.717) is 66.1 Å². The molecule has 29 heavy (non-hydrogen) atoms. The number of carbonyl (C=O) groups is 2. The molecule has 0 atom stereocenters. The third-order valence-electron chi connectivity index (χ3n) is 3.37. The lowest BCUT2D eigenvalue weighted by Crippen LogP contribution is -2.17. The maximum absolute atomic E-state index is 11.2. The molecule has 0 aromatic rings. The van der Waals surface area contributed by atoms with Gasteiger partial charge in [-0.1, -0.05) is 27.7 Å². The molecule has 0 aromatic carbocycles. The minimum Gasteiger partial charge on any atom is -0.463 e. The summed E-state index contributed by atoms with van der Waals surface area (Å²) in [6.45, 7) is 12.1. The van der Waals surface area contributed by atoms with Crippen molar-refractivity contribution in [2.24, 2.45) is 11.8 Å². The van der Waals surface area contributed by atoms with Crippen LogP contribution in [0.4, 0.5) is 0 Å². The summed E-state index contributed by atoms with van der Waals surface area (Å²) in [5.41, 5.74) is 0. The molecular formula is C20H38O9. The molecule has 0 aliphatic carbocycles. The van der Waals surface area contributed by atoms with E-state index in [4.69, 9.17) is 33.2 Å². The zero-order valence-electron chi connectivity index (χ0n) is 18.3. The highest BCUT2D eigenvalue weighted by atomic mass is 16.6. The van der Waals surface area contributed by atoms with Crippen molar-refractivity contribution in [2.45, 2.75) is 27.7 Å². The molecule has 9 nitrogen and oxygen atoms in total. The van der Waals surface area contributed by atoms with E-state index in [1.54, 1.807) is 27.7 Å². The first-order valence-electron chi connectivity index (χ1n) is 10.2. The topological polar surface area (TPSA) is 98.8 Å². The largest absolute Gasteiger partial charge is 0.463 e. The quantitative estimate of drug-likeness (QED) is 0.213. The van der Waals surface area contributed by atoms with Crippen LogP contribution in [0.1, 0.15) is 27.7 Å². The van der Waals surface area contributed by atoms with Crippen molar-refractivity contribution in [2.75, 3.05) is 79.3 Å². The van der Waals surface area contributed by atoms with Crippen molar-refractivity contribution in [3.05, 3.63) is 0 Å². The van der Waals surface area contributed by atoms with E-state index in [0.717, 1.165) is 0 Å². The molecule has 172 valence electrons. The van der Waals surface area contributed by atoms with Gasteiger partial charge in [0.05, 0.1) is 77.9 Å². The van der Waals surface area contributed by atoms with Crippen molar-refractivity contribution in [1.29, 1.82) is 0 Å². The molecule has 9 heteroatoms. The van der Waals surface area contributed by atoms with Crippen LogP contribution in [-0.2, 0) is 42.7 Å². The first kappa shape index (κ1) is 27.7. The third kappa shape index (κ3) is 19.8. The van der Waals surface area contributed by atoms with Gasteiger partial charge in [-0.2, -0.15) is 0 Å². The van der Waals surface area contributed by atoms with E-state index >= 15 is 0 Å². The summed E-state index contributed by atoms with van der Waals surface area (Å²) in [4.78, 5) is 22.4. The minimum absolute atomic E-state index is 0.121. The SMILES string of the molecule is CC(C)C(=O)OCCOCCOCCOCCOCCOCCOC(=O)C(C)C. The Hall–Kier alpha value is -1.26. The normalized spacial score (nSPS) is 11.2. The Morgan fingerprint density at radius 3 is 0.862 bits per heavy atom. The van der Waals surface area contributed by atoms with Gasteiger partial charge in [-0.15, -0.1) is 0 Å². The van der Waals surface area contributed by atoms with Crippen LogP contribution in [0.25, 0.3) is 0 Å². The highest BCUT2D eigenvalue weighted by molar-refractivity contribution is 5.71. The molecule has 0 heterocycles. The van der Waals surface area contributed by atoms with E-state index in [2.05, 4.69) is 0 Å². The van der Waals surface area contributed by atoms with Crippen LogP contribution in [-0.4, -0.2) is 91.2 Å². The van der Waals surface area contributed by atoms with Crippen LogP contribution >= 0.6 is 0 Å². The number of esters is 2. The van der Waals surface area contributed by atoms with Crippen LogP contribution in [0.5, 0.6) is 0 Å². The summed E-state index contributed by atoms with van der Waals surface area (Å²) in [6.07, 6.45) is 0. The van der Waals surface area contributed by atoms with Crippen molar-refractivity contribution in [3.63, 3.8) is 0 Å². The second kappa shape index (κ2) is 20.0. The van der Waals surface area contributed by atoms with Crippen molar-refractivity contribution >= 4 is 11.9 Å². The summed E-state index contributed by atoms with van der Waals surface area (Å²) in [7, 11) is 0. The lowest BCUT2D eigenvalue weighted by atomic mass is 10.2. The van der Waals surface area contributed by atoms with Crippen LogP contribution < -0.4 is 0 Å². The Bertz CT molecular complexity index is 363. The van der Waals surface area contributed by atoms with Crippen LogP contribution in [0.15, 0.2) is 0 Å². The van der Waals surface area contributed by atoms with E-state index < -0.39 is 0 Å². The fraction of sp³-hybridized carbons (Fsp3) is 0.900. The summed E-state index contributed by atoms with van der Waals surface area (Å²) in [6, 6.07) is 0. The molecule has 0 saturated heterocycles. The average Bonchev–Trinajstić information content (AvgIpc) is 2.69. The zero-order chi connectivity index (χ0) is 21.7. The molecule has 0 radical (unpaired) electrons. The standard InChI is InChI=1S/C20H38O9/c1-17(2)19(21)28-15-13-26-11-9-24-7-5-23-6-8-25-10-12-27-14-16-29-20(22)18(3)4/h17-18H,5-16H2,1-4H3.